The van der Waals surface area contributed by atoms with E-state index in [1.165, 1.54) is 43.1 Å². The summed E-state index contributed by atoms with van der Waals surface area (Å²) in [7, 11) is 0. The summed E-state index contributed by atoms with van der Waals surface area (Å²) in [5.41, 5.74) is 5.22. The Morgan fingerprint density at radius 2 is 1.00 bits per heavy atom. The van der Waals surface area contributed by atoms with E-state index < -0.39 is 0 Å². The fraction of sp³-hybridized carbons (Fsp3) is 0.0769. The Hall–Kier alpha value is -5.08. The third-order valence-corrected chi connectivity index (χ3v) is 8.39. The molecule has 8 rings (SSSR count). The van der Waals surface area contributed by atoms with Gasteiger partial charge in [-0.3, -0.25) is 0 Å². The van der Waals surface area contributed by atoms with Crippen molar-refractivity contribution < 1.29 is 0 Å². The van der Waals surface area contributed by atoms with Crippen molar-refractivity contribution in [3.63, 3.8) is 0 Å². The predicted molar refractivity (Wildman–Crippen MR) is 174 cm³/mol. The highest BCUT2D eigenvalue weighted by molar-refractivity contribution is 6.15. The summed E-state index contributed by atoms with van der Waals surface area (Å²) in [4.78, 5) is 10.5. The van der Waals surface area contributed by atoms with Crippen molar-refractivity contribution in [2.75, 3.05) is 0 Å². The van der Waals surface area contributed by atoms with E-state index in [0.29, 0.717) is 5.92 Å². The number of aromatic nitrogens is 2. The molecule has 2 nitrogen and oxygen atoms in total. The maximum absolute atomic E-state index is 5.25. The van der Waals surface area contributed by atoms with E-state index in [1.807, 2.05) is 0 Å². The number of rotatable bonds is 3. The van der Waals surface area contributed by atoms with E-state index in [-0.39, 0.29) is 0 Å². The zero-order valence-electron chi connectivity index (χ0n) is 22.9. The van der Waals surface area contributed by atoms with Gasteiger partial charge >= 0.3 is 0 Å². The van der Waals surface area contributed by atoms with E-state index in [4.69, 9.17) is 9.97 Å². The molecule has 0 saturated carbocycles. The first-order valence-electron chi connectivity index (χ1n) is 14.3. The first kappa shape index (κ1) is 23.8. The molecule has 1 aromatic heterocycles. The lowest BCUT2D eigenvalue weighted by Gasteiger charge is -2.16. The minimum Gasteiger partial charge on any atom is -0.228 e. The van der Waals surface area contributed by atoms with E-state index >= 15 is 0 Å². The summed E-state index contributed by atoms with van der Waals surface area (Å²) in [6.07, 6.45) is 7.73. The molecule has 1 aliphatic carbocycles. The van der Waals surface area contributed by atoms with Gasteiger partial charge in [0, 0.05) is 16.7 Å². The Kier molecular flexibility index (Phi) is 5.53. The monoisotopic (exact) mass is 524 g/mol. The van der Waals surface area contributed by atoms with Crippen molar-refractivity contribution >= 4 is 48.7 Å². The van der Waals surface area contributed by atoms with Crippen LogP contribution in [0, 0.1) is 5.92 Å². The van der Waals surface area contributed by atoms with Crippen LogP contribution in [0.15, 0.2) is 133 Å². The quantitative estimate of drug-likeness (QED) is 0.215. The molecule has 0 spiro atoms. The van der Waals surface area contributed by atoms with Gasteiger partial charge in [0.2, 0.25) is 0 Å². The summed E-state index contributed by atoms with van der Waals surface area (Å²) in [5, 5.41) is 9.82. The Labute approximate surface area is 239 Å². The second kappa shape index (κ2) is 9.53. The number of allylic oxidation sites excluding steroid dienone is 4. The Bertz CT molecular complexity index is 2070. The van der Waals surface area contributed by atoms with E-state index in [2.05, 4.69) is 140 Å². The minimum absolute atomic E-state index is 0.523. The van der Waals surface area contributed by atoms with Gasteiger partial charge in [-0.25, -0.2) is 9.97 Å². The van der Waals surface area contributed by atoms with Gasteiger partial charge in [-0.15, -0.1) is 0 Å². The van der Waals surface area contributed by atoms with E-state index in [1.54, 1.807) is 0 Å². The number of nitrogens with zero attached hydrogens (tertiary/aromatic N) is 2. The second-order valence-corrected chi connectivity index (χ2v) is 11.1. The Morgan fingerprint density at radius 1 is 0.537 bits per heavy atom. The molecule has 0 amide bonds. The highest BCUT2D eigenvalue weighted by atomic mass is 14.9. The van der Waals surface area contributed by atoms with Crippen molar-refractivity contribution in [2.24, 2.45) is 5.92 Å². The van der Waals surface area contributed by atoms with Gasteiger partial charge in [0.15, 0.2) is 5.82 Å². The number of fused-ring (bicyclic) bond motifs is 6. The fourth-order valence-corrected chi connectivity index (χ4v) is 6.28. The average molecular weight is 525 g/mol. The third-order valence-electron chi connectivity index (χ3n) is 8.39. The molecule has 0 radical (unpaired) electrons. The molecular weight excluding hydrogens is 496 g/mol. The van der Waals surface area contributed by atoms with Crippen molar-refractivity contribution in [2.45, 2.75) is 13.3 Å². The SMILES string of the molecule is CC1C=CC(c2nc(-c3cc4ccccc4c4ccccc34)cc(-c3cc4ccccc4c4ccccc34)n2)=CC1. The second-order valence-electron chi connectivity index (χ2n) is 11.1. The van der Waals surface area contributed by atoms with Crippen LogP contribution in [0.2, 0.25) is 0 Å². The first-order valence-corrected chi connectivity index (χ1v) is 14.3. The standard InChI is InChI=1S/C39H28N2/c1-25-18-20-26(21-19-25)39-40-37(35-22-27-10-2-4-12-29(27)31-14-6-8-16-33(31)35)24-38(41-39)36-23-28-11-3-5-13-30(28)32-15-7-9-17-34(32)36/h2-18,20-25H,19H2,1H3. The molecule has 0 bridgehead atoms. The highest BCUT2D eigenvalue weighted by Crippen LogP contribution is 2.39. The lowest BCUT2D eigenvalue weighted by atomic mass is 9.93. The third kappa shape index (κ3) is 4.03. The maximum Gasteiger partial charge on any atom is 0.160 e. The van der Waals surface area contributed by atoms with Crippen molar-refractivity contribution in [3.8, 4) is 22.5 Å². The molecule has 0 aliphatic heterocycles. The van der Waals surface area contributed by atoms with Crippen molar-refractivity contribution in [1.29, 1.82) is 0 Å². The highest BCUT2D eigenvalue weighted by Gasteiger charge is 2.18. The smallest absolute Gasteiger partial charge is 0.160 e. The average Bonchev–Trinajstić information content (AvgIpc) is 3.04. The normalized spacial score (nSPS) is 15.1. The van der Waals surface area contributed by atoms with Gasteiger partial charge in [-0.1, -0.05) is 122 Å². The van der Waals surface area contributed by atoms with Crippen LogP contribution < -0.4 is 0 Å². The van der Waals surface area contributed by atoms with Crippen LogP contribution >= 0.6 is 0 Å². The molecule has 1 aliphatic rings. The van der Waals surface area contributed by atoms with Crippen LogP contribution in [0.25, 0.3) is 71.2 Å². The molecule has 6 aromatic carbocycles. The largest absolute Gasteiger partial charge is 0.228 e. The van der Waals surface area contributed by atoms with Gasteiger partial charge in [0.25, 0.3) is 0 Å². The van der Waals surface area contributed by atoms with Gasteiger partial charge in [0.1, 0.15) is 0 Å². The number of benzene rings is 6. The van der Waals surface area contributed by atoms with Gasteiger partial charge in [-0.2, -0.15) is 0 Å². The van der Waals surface area contributed by atoms with Crippen LogP contribution in [0.4, 0.5) is 0 Å². The Morgan fingerprint density at radius 3 is 1.49 bits per heavy atom. The topological polar surface area (TPSA) is 25.8 Å². The van der Waals surface area contributed by atoms with Gasteiger partial charge < -0.3 is 0 Å². The summed E-state index contributed by atoms with van der Waals surface area (Å²) >= 11 is 0. The summed E-state index contributed by atoms with van der Waals surface area (Å²) < 4.78 is 0. The molecule has 0 saturated heterocycles. The molecule has 41 heavy (non-hydrogen) atoms. The fourth-order valence-electron chi connectivity index (χ4n) is 6.28. The molecule has 2 heteroatoms. The van der Waals surface area contributed by atoms with Crippen LogP contribution in [-0.2, 0) is 0 Å². The molecule has 1 atom stereocenters. The molecule has 1 heterocycles. The Balaban J connectivity index is 1.45. The van der Waals surface area contributed by atoms with Crippen LogP contribution in [0.3, 0.4) is 0 Å². The van der Waals surface area contributed by atoms with Crippen LogP contribution in [0.1, 0.15) is 19.2 Å². The molecule has 1 unspecified atom stereocenters. The number of hydrogen-bond donors (Lipinski definition) is 0. The van der Waals surface area contributed by atoms with E-state index in [9.17, 15) is 0 Å². The van der Waals surface area contributed by atoms with Crippen molar-refractivity contribution in [1.82, 2.24) is 9.97 Å². The predicted octanol–water partition coefficient (Wildman–Crippen LogP) is 10.4. The van der Waals surface area contributed by atoms with Crippen molar-refractivity contribution in [3.05, 3.63) is 139 Å². The zero-order chi connectivity index (χ0) is 27.3. The molecule has 7 aromatic rings. The molecular formula is C39H28N2. The maximum atomic E-state index is 5.25. The van der Waals surface area contributed by atoms with Crippen LogP contribution in [-0.4, -0.2) is 9.97 Å². The summed E-state index contributed by atoms with van der Waals surface area (Å²) in [6.45, 7) is 2.24. The number of hydrogen-bond acceptors (Lipinski definition) is 2. The van der Waals surface area contributed by atoms with Crippen LogP contribution in [0.5, 0.6) is 0 Å². The minimum atomic E-state index is 0.523. The zero-order valence-corrected chi connectivity index (χ0v) is 22.9. The summed E-state index contributed by atoms with van der Waals surface area (Å²) in [5.74, 6) is 1.30. The lowest BCUT2D eigenvalue weighted by molar-refractivity contribution is 0.738. The van der Waals surface area contributed by atoms with Gasteiger partial charge in [0.05, 0.1) is 11.4 Å². The molecule has 0 N–H and O–H groups in total. The molecule has 194 valence electrons. The first-order chi connectivity index (χ1) is 20.2. The van der Waals surface area contributed by atoms with Gasteiger partial charge in [-0.05, 0) is 73.6 Å². The summed E-state index contributed by atoms with van der Waals surface area (Å²) in [6, 6.07) is 41.4. The lowest BCUT2D eigenvalue weighted by Crippen LogP contribution is -2.02. The van der Waals surface area contributed by atoms with E-state index in [0.717, 1.165) is 40.3 Å². The molecule has 0 fully saturated rings.